The number of ether oxygens (including phenoxy) is 1. The van der Waals surface area contributed by atoms with E-state index in [1.807, 2.05) is 12.4 Å². The molecule has 0 aliphatic carbocycles. The molecule has 1 aromatic heterocycles. The third-order valence-corrected chi connectivity index (χ3v) is 5.73. The van der Waals surface area contributed by atoms with Crippen molar-refractivity contribution < 1.29 is 9.53 Å². The molecule has 7 nitrogen and oxygen atoms in total. The van der Waals surface area contributed by atoms with Crippen LogP contribution in [-0.2, 0) is 16.1 Å². The molecule has 0 saturated carbocycles. The largest absolute Gasteiger partial charge is 0.378 e. The lowest BCUT2D eigenvalue weighted by atomic mass is 9.94. The molecule has 0 N–H and O–H groups in total. The second-order valence-electron chi connectivity index (χ2n) is 7.64. The minimum atomic E-state index is 0.161. The number of hydrogen-bond donors (Lipinski definition) is 0. The van der Waals surface area contributed by atoms with E-state index in [1.165, 1.54) is 0 Å². The predicted octanol–water partition coefficient (Wildman–Crippen LogP) is 1.15. The Morgan fingerprint density at radius 3 is 2.65 bits per heavy atom. The monoisotopic (exact) mass is 359 g/mol. The van der Waals surface area contributed by atoms with E-state index in [9.17, 15) is 4.79 Å². The molecule has 4 fully saturated rings. The Labute approximate surface area is 155 Å². The Kier molecular flexibility index (Phi) is 5.36. The van der Waals surface area contributed by atoms with Crippen molar-refractivity contribution in [3.8, 4) is 0 Å². The number of carbonyl (C=O) groups is 1. The molecule has 1 amide bonds. The molecule has 4 aliphatic rings. The van der Waals surface area contributed by atoms with E-state index in [4.69, 9.17) is 4.74 Å². The molecular formula is C19H29N5O2. The molecule has 7 heteroatoms. The van der Waals surface area contributed by atoms with Crippen LogP contribution < -0.4 is 4.90 Å². The lowest BCUT2D eigenvalue weighted by Crippen LogP contribution is -2.48. The van der Waals surface area contributed by atoms with Gasteiger partial charge in [-0.05, 0) is 19.3 Å². The molecular weight excluding hydrogens is 330 g/mol. The zero-order valence-corrected chi connectivity index (χ0v) is 15.6. The number of carbonyl (C=O) groups excluding carboxylic acids is 1. The van der Waals surface area contributed by atoms with Crippen LogP contribution in [0.25, 0.3) is 0 Å². The van der Waals surface area contributed by atoms with Gasteiger partial charge in [0.15, 0.2) is 0 Å². The molecule has 0 spiro atoms. The van der Waals surface area contributed by atoms with Gasteiger partial charge in [0.25, 0.3) is 0 Å². The fourth-order valence-electron chi connectivity index (χ4n) is 4.41. The number of rotatable bonds is 5. The Balaban J connectivity index is 1.40. The average Bonchev–Trinajstić information content (AvgIpc) is 2.95. The highest BCUT2D eigenvalue weighted by Crippen LogP contribution is 2.30. The predicted molar refractivity (Wildman–Crippen MR) is 98.9 cm³/mol. The van der Waals surface area contributed by atoms with E-state index in [1.54, 1.807) is 0 Å². The average molecular weight is 359 g/mol. The first-order valence-corrected chi connectivity index (χ1v) is 9.91. The summed E-state index contributed by atoms with van der Waals surface area (Å²) in [6.07, 6.45) is 7.09. The van der Waals surface area contributed by atoms with Crippen LogP contribution in [0.4, 0.5) is 5.95 Å². The minimum absolute atomic E-state index is 0.161. The quantitative estimate of drug-likeness (QED) is 0.786. The van der Waals surface area contributed by atoms with Gasteiger partial charge in [0.05, 0.1) is 19.1 Å². The first-order valence-electron chi connectivity index (χ1n) is 9.91. The smallest absolute Gasteiger partial charge is 0.227 e. The van der Waals surface area contributed by atoms with Gasteiger partial charge in [-0.3, -0.25) is 9.69 Å². The summed E-state index contributed by atoms with van der Waals surface area (Å²) >= 11 is 0. The summed E-state index contributed by atoms with van der Waals surface area (Å²) in [7, 11) is 0. The summed E-state index contributed by atoms with van der Waals surface area (Å²) in [6, 6.07) is 0.370. The van der Waals surface area contributed by atoms with Gasteiger partial charge in [0.2, 0.25) is 11.9 Å². The number of amides is 1. The Morgan fingerprint density at radius 1 is 1.15 bits per heavy atom. The molecule has 0 radical (unpaired) electrons. The van der Waals surface area contributed by atoms with Crippen LogP contribution in [0.3, 0.4) is 0 Å². The summed E-state index contributed by atoms with van der Waals surface area (Å²) in [5.41, 5.74) is 1.12. The van der Waals surface area contributed by atoms with E-state index < -0.39 is 0 Å². The van der Waals surface area contributed by atoms with Crippen LogP contribution in [0, 0.1) is 5.92 Å². The van der Waals surface area contributed by atoms with Gasteiger partial charge in [-0.25, -0.2) is 9.97 Å². The number of anilines is 1. The maximum Gasteiger partial charge on any atom is 0.227 e. The number of fused-ring (bicyclic) bond motifs is 4. The first-order chi connectivity index (χ1) is 12.7. The normalized spacial score (nSPS) is 27.0. The van der Waals surface area contributed by atoms with Crippen molar-refractivity contribution in [1.29, 1.82) is 0 Å². The molecule has 0 aromatic carbocycles. The van der Waals surface area contributed by atoms with E-state index >= 15 is 0 Å². The standard InChI is InChI=1S/C19H29N5O2/c1-2-5-24-17-4-3-16(18(24)25)13-22(14-17)12-15-10-20-19(21-11-15)23-6-8-26-9-7-23/h10-11,16-17H,2-9,12-14H2,1H3/t16-,17+/m0/s1. The molecule has 2 atom stereocenters. The SMILES string of the molecule is CCCN1C(=O)[C@H]2CC[C@@H]1CN(Cc1cnc(N3CCOCC3)nc1)C2. The highest BCUT2D eigenvalue weighted by molar-refractivity contribution is 5.80. The van der Waals surface area contributed by atoms with Gasteiger partial charge in [0, 0.05) is 63.3 Å². The minimum Gasteiger partial charge on any atom is -0.378 e. The maximum absolute atomic E-state index is 12.7. The van der Waals surface area contributed by atoms with Crippen molar-refractivity contribution in [1.82, 2.24) is 19.8 Å². The third kappa shape index (κ3) is 3.69. The molecule has 5 heterocycles. The summed E-state index contributed by atoms with van der Waals surface area (Å²) < 4.78 is 5.38. The van der Waals surface area contributed by atoms with E-state index in [0.717, 1.165) is 83.3 Å². The molecule has 142 valence electrons. The summed E-state index contributed by atoms with van der Waals surface area (Å²) in [4.78, 5) is 28.5. The molecule has 4 saturated heterocycles. The summed E-state index contributed by atoms with van der Waals surface area (Å²) in [6.45, 7) is 8.88. The lowest BCUT2D eigenvalue weighted by Gasteiger charge is -2.35. The highest BCUT2D eigenvalue weighted by atomic mass is 16.5. The van der Waals surface area contributed by atoms with Crippen molar-refractivity contribution in [2.45, 2.75) is 38.8 Å². The van der Waals surface area contributed by atoms with Crippen molar-refractivity contribution in [3.63, 3.8) is 0 Å². The van der Waals surface area contributed by atoms with Gasteiger partial charge in [-0.2, -0.15) is 0 Å². The Morgan fingerprint density at radius 2 is 1.92 bits per heavy atom. The zero-order valence-electron chi connectivity index (χ0n) is 15.6. The molecule has 0 unspecified atom stereocenters. The highest BCUT2D eigenvalue weighted by Gasteiger charge is 2.40. The van der Waals surface area contributed by atoms with Gasteiger partial charge in [-0.1, -0.05) is 6.92 Å². The van der Waals surface area contributed by atoms with Gasteiger partial charge >= 0.3 is 0 Å². The molecule has 5 rings (SSSR count). The van der Waals surface area contributed by atoms with Gasteiger partial charge < -0.3 is 14.5 Å². The summed E-state index contributed by atoms with van der Waals surface area (Å²) in [5, 5.41) is 0. The number of piperidine rings is 1. The van der Waals surface area contributed by atoms with E-state index in [-0.39, 0.29) is 5.92 Å². The lowest BCUT2D eigenvalue weighted by molar-refractivity contribution is -0.139. The zero-order chi connectivity index (χ0) is 17.9. The number of aromatic nitrogens is 2. The fourth-order valence-corrected chi connectivity index (χ4v) is 4.41. The number of nitrogens with zero attached hydrogens (tertiary/aromatic N) is 5. The van der Waals surface area contributed by atoms with E-state index in [0.29, 0.717) is 11.9 Å². The molecule has 2 bridgehead atoms. The molecule has 4 aliphatic heterocycles. The number of hydrogen-bond acceptors (Lipinski definition) is 6. The Hall–Kier alpha value is -1.73. The fraction of sp³-hybridized carbons (Fsp3) is 0.737. The molecule has 1 aromatic rings. The van der Waals surface area contributed by atoms with E-state index in [2.05, 4.69) is 31.6 Å². The van der Waals surface area contributed by atoms with Crippen LogP contribution in [0.2, 0.25) is 0 Å². The third-order valence-electron chi connectivity index (χ3n) is 5.73. The van der Waals surface area contributed by atoms with Crippen LogP contribution in [-0.4, -0.2) is 77.7 Å². The van der Waals surface area contributed by atoms with Crippen molar-refractivity contribution in [3.05, 3.63) is 18.0 Å². The van der Waals surface area contributed by atoms with Crippen LogP contribution in [0.5, 0.6) is 0 Å². The van der Waals surface area contributed by atoms with Gasteiger partial charge in [0.1, 0.15) is 0 Å². The van der Waals surface area contributed by atoms with Crippen molar-refractivity contribution >= 4 is 11.9 Å². The van der Waals surface area contributed by atoms with Crippen molar-refractivity contribution in [2.75, 3.05) is 50.8 Å². The first kappa shape index (κ1) is 17.7. The summed E-state index contributed by atoms with van der Waals surface area (Å²) in [5.74, 6) is 1.32. The number of morpholine rings is 1. The van der Waals surface area contributed by atoms with Crippen LogP contribution in [0.1, 0.15) is 31.7 Å². The maximum atomic E-state index is 12.7. The Bertz CT molecular complexity index is 617. The second-order valence-corrected chi connectivity index (χ2v) is 7.64. The molecule has 26 heavy (non-hydrogen) atoms. The van der Waals surface area contributed by atoms with Gasteiger partial charge in [-0.15, -0.1) is 0 Å². The second kappa shape index (κ2) is 7.88. The van der Waals surface area contributed by atoms with Crippen LogP contribution >= 0.6 is 0 Å². The topological polar surface area (TPSA) is 61.8 Å². The van der Waals surface area contributed by atoms with Crippen LogP contribution in [0.15, 0.2) is 12.4 Å². The van der Waals surface area contributed by atoms with Crippen molar-refractivity contribution in [2.24, 2.45) is 5.92 Å².